The van der Waals surface area contributed by atoms with Crippen LogP contribution < -0.4 is 14.8 Å². The Morgan fingerprint density at radius 2 is 1.77 bits per heavy atom. The third kappa shape index (κ3) is 9.29. The van der Waals surface area contributed by atoms with Crippen molar-refractivity contribution in [3.05, 3.63) is 83.9 Å². The van der Waals surface area contributed by atoms with Crippen LogP contribution in [0.3, 0.4) is 0 Å². The minimum Gasteiger partial charge on any atom is -0.488 e. The molecule has 3 aromatic rings. The first-order valence-corrected chi connectivity index (χ1v) is 15.3. The molecule has 9 nitrogen and oxygen atoms in total. The third-order valence-corrected chi connectivity index (χ3v) is 7.80. The van der Waals surface area contributed by atoms with Crippen LogP contribution in [0.4, 0.5) is 5.69 Å². The SMILES string of the molecule is C[C@H]1CN([C@@H](C)CO)C(=O)c2cc(NC(=O)CCCN(C)C)ccc2O[C@H]1CN(C)Cc1ccc(Oc2ccccc2)cc1. The van der Waals surface area contributed by atoms with E-state index < -0.39 is 0 Å². The number of nitrogens with one attached hydrogen (secondary N) is 1. The Labute approximate surface area is 261 Å². The molecule has 236 valence electrons. The molecule has 44 heavy (non-hydrogen) atoms. The number of carbonyl (C=O) groups excluding carboxylic acids is 2. The lowest BCUT2D eigenvalue weighted by atomic mass is 9.99. The van der Waals surface area contributed by atoms with E-state index in [-0.39, 0.29) is 36.5 Å². The first-order valence-electron chi connectivity index (χ1n) is 15.3. The van der Waals surface area contributed by atoms with Gasteiger partial charge in [-0.1, -0.05) is 37.3 Å². The van der Waals surface area contributed by atoms with Gasteiger partial charge in [-0.25, -0.2) is 0 Å². The summed E-state index contributed by atoms with van der Waals surface area (Å²) in [6, 6.07) is 22.6. The number of hydrogen-bond donors (Lipinski definition) is 2. The topological polar surface area (TPSA) is 94.6 Å². The zero-order chi connectivity index (χ0) is 31.6. The van der Waals surface area contributed by atoms with Crippen molar-refractivity contribution in [1.29, 1.82) is 0 Å². The molecule has 0 fully saturated rings. The van der Waals surface area contributed by atoms with Crippen molar-refractivity contribution >= 4 is 17.5 Å². The number of para-hydroxylation sites is 1. The number of aliphatic hydroxyl groups is 1. The van der Waals surface area contributed by atoms with Gasteiger partial charge in [0.2, 0.25) is 5.91 Å². The van der Waals surface area contributed by atoms with Crippen LogP contribution in [0.15, 0.2) is 72.8 Å². The first-order chi connectivity index (χ1) is 21.1. The molecule has 0 bridgehead atoms. The molecule has 1 aliphatic heterocycles. The number of anilines is 1. The third-order valence-electron chi connectivity index (χ3n) is 7.80. The van der Waals surface area contributed by atoms with Crippen molar-refractivity contribution in [2.24, 2.45) is 5.92 Å². The van der Waals surface area contributed by atoms with Crippen LogP contribution in [-0.2, 0) is 11.3 Å². The lowest BCUT2D eigenvalue weighted by Crippen LogP contribution is -2.49. The molecule has 1 heterocycles. The molecule has 0 aromatic heterocycles. The average Bonchev–Trinajstić information content (AvgIpc) is 3.00. The normalized spacial score (nSPS) is 17.5. The number of aliphatic hydroxyl groups excluding tert-OH is 1. The van der Waals surface area contributed by atoms with E-state index >= 15 is 0 Å². The van der Waals surface area contributed by atoms with Crippen molar-refractivity contribution in [2.45, 2.75) is 45.4 Å². The maximum Gasteiger partial charge on any atom is 0.258 e. The van der Waals surface area contributed by atoms with Crippen molar-refractivity contribution in [3.63, 3.8) is 0 Å². The molecule has 0 radical (unpaired) electrons. The molecule has 0 spiro atoms. The van der Waals surface area contributed by atoms with Crippen molar-refractivity contribution < 1.29 is 24.2 Å². The quantitative estimate of drug-likeness (QED) is 0.281. The van der Waals surface area contributed by atoms with E-state index in [0.29, 0.717) is 43.1 Å². The van der Waals surface area contributed by atoms with E-state index in [1.54, 1.807) is 23.1 Å². The molecule has 0 unspecified atom stereocenters. The number of hydrogen-bond acceptors (Lipinski definition) is 7. The molecule has 3 atom stereocenters. The monoisotopic (exact) mass is 602 g/mol. The molecule has 2 amide bonds. The Morgan fingerprint density at radius 3 is 2.45 bits per heavy atom. The average molecular weight is 603 g/mol. The predicted octanol–water partition coefficient (Wildman–Crippen LogP) is 5.11. The van der Waals surface area contributed by atoms with Crippen molar-refractivity contribution in [2.75, 3.05) is 52.7 Å². The fraction of sp³-hybridized carbons (Fsp3) is 0.429. The van der Waals surface area contributed by atoms with E-state index in [1.807, 2.05) is 68.4 Å². The van der Waals surface area contributed by atoms with Crippen molar-refractivity contribution in [3.8, 4) is 17.2 Å². The van der Waals surface area contributed by atoms with E-state index in [4.69, 9.17) is 9.47 Å². The van der Waals surface area contributed by atoms with Gasteiger partial charge in [0.05, 0.1) is 18.2 Å². The minimum atomic E-state index is -0.366. The van der Waals surface area contributed by atoms with Gasteiger partial charge < -0.3 is 29.7 Å². The summed E-state index contributed by atoms with van der Waals surface area (Å²) in [5.74, 6) is 1.74. The fourth-order valence-corrected chi connectivity index (χ4v) is 5.27. The summed E-state index contributed by atoms with van der Waals surface area (Å²) in [4.78, 5) is 32.2. The molecule has 1 aliphatic rings. The minimum absolute atomic E-state index is 0.00118. The Morgan fingerprint density at radius 1 is 1.07 bits per heavy atom. The van der Waals surface area contributed by atoms with Gasteiger partial charge in [-0.05, 0) is 89.1 Å². The van der Waals surface area contributed by atoms with E-state index in [9.17, 15) is 14.7 Å². The summed E-state index contributed by atoms with van der Waals surface area (Å²) in [6.45, 7) is 6.36. The van der Waals surface area contributed by atoms with Gasteiger partial charge >= 0.3 is 0 Å². The van der Waals surface area contributed by atoms with Gasteiger partial charge in [0, 0.05) is 37.7 Å². The second-order valence-electron chi connectivity index (χ2n) is 12.0. The summed E-state index contributed by atoms with van der Waals surface area (Å²) in [7, 11) is 6.00. The van der Waals surface area contributed by atoms with Crippen LogP contribution in [0, 0.1) is 5.92 Å². The number of ether oxygens (including phenoxy) is 2. The highest BCUT2D eigenvalue weighted by atomic mass is 16.5. The van der Waals surface area contributed by atoms with Crippen LogP contribution in [0.1, 0.15) is 42.6 Å². The molecule has 0 saturated carbocycles. The number of likely N-dealkylation sites (N-methyl/N-ethyl adjacent to an activating group) is 1. The van der Waals surface area contributed by atoms with Gasteiger partial charge in [0.15, 0.2) is 0 Å². The summed E-state index contributed by atoms with van der Waals surface area (Å²) in [5, 5.41) is 12.9. The highest BCUT2D eigenvalue weighted by Gasteiger charge is 2.33. The molecule has 0 aliphatic carbocycles. The van der Waals surface area contributed by atoms with Crippen LogP contribution >= 0.6 is 0 Å². The number of amides is 2. The highest BCUT2D eigenvalue weighted by molar-refractivity contribution is 5.99. The summed E-state index contributed by atoms with van der Waals surface area (Å²) in [6.07, 6.45) is 0.918. The summed E-state index contributed by atoms with van der Waals surface area (Å²) < 4.78 is 12.5. The zero-order valence-electron chi connectivity index (χ0n) is 26.5. The Bertz CT molecular complexity index is 1370. The molecular formula is C35H46N4O5. The standard InChI is InChI=1S/C35H46N4O5/c1-25-21-39(26(2)24-40)35(42)31-20-28(36-34(41)12-9-19-37(3)4)15-18-32(31)44-33(25)23-38(5)22-27-13-16-30(17-14-27)43-29-10-7-6-8-11-29/h6-8,10-11,13-18,20,25-26,33,40H,9,12,19,21-24H2,1-5H3,(H,36,41)/t25-,26-,33-/m0/s1. The highest BCUT2D eigenvalue weighted by Crippen LogP contribution is 2.31. The van der Waals surface area contributed by atoms with Crippen molar-refractivity contribution in [1.82, 2.24) is 14.7 Å². The van der Waals surface area contributed by atoms with Gasteiger partial charge in [-0.15, -0.1) is 0 Å². The van der Waals surface area contributed by atoms with E-state index in [0.717, 1.165) is 30.0 Å². The Balaban J connectivity index is 1.46. The maximum atomic E-state index is 13.7. The fourth-order valence-electron chi connectivity index (χ4n) is 5.27. The first kappa shape index (κ1) is 33.0. The predicted molar refractivity (Wildman–Crippen MR) is 173 cm³/mol. The molecule has 9 heteroatoms. The molecular weight excluding hydrogens is 556 g/mol. The molecule has 2 N–H and O–H groups in total. The number of rotatable bonds is 13. The number of benzene rings is 3. The van der Waals surface area contributed by atoms with Gasteiger partial charge in [-0.3, -0.25) is 14.5 Å². The van der Waals surface area contributed by atoms with Crippen LogP contribution in [0.5, 0.6) is 17.2 Å². The number of fused-ring (bicyclic) bond motifs is 1. The van der Waals surface area contributed by atoms with Crippen LogP contribution in [0.2, 0.25) is 0 Å². The van der Waals surface area contributed by atoms with Gasteiger partial charge in [-0.2, -0.15) is 0 Å². The Kier molecular flexibility index (Phi) is 11.8. The second kappa shape index (κ2) is 15.7. The lowest BCUT2D eigenvalue weighted by Gasteiger charge is -2.38. The molecule has 4 rings (SSSR count). The zero-order valence-corrected chi connectivity index (χ0v) is 26.5. The van der Waals surface area contributed by atoms with Crippen LogP contribution in [-0.4, -0.2) is 91.2 Å². The molecule has 3 aromatic carbocycles. The number of nitrogens with zero attached hydrogens (tertiary/aromatic N) is 3. The van der Waals surface area contributed by atoms with E-state index in [1.165, 1.54) is 0 Å². The summed E-state index contributed by atoms with van der Waals surface area (Å²) in [5.41, 5.74) is 2.07. The van der Waals surface area contributed by atoms with Gasteiger partial charge in [0.1, 0.15) is 23.4 Å². The Hall–Kier alpha value is -3.92. The molecule has 0 saturated heterocycles. The van der Waals surface area contributed by atoms with E-state index in [2.05, 4.69) is 36.3 Å². The van der Waals surface area contributed by atoms with Gasteiger partial charge in [0.25, 0.3) is 5.91 Å². The maximum absolute atomic E-state index is 13.7. The van der Waals surface area contributed by atoms with Crippen LogP contribution in [0.25, 0.3) is 0 Å². The lowest BCUT2D eigenvalue weighted by molar-refractivity contribution is -0.116. The second-order valence-corrected chi connectivity index (χ2v) is 12.0. The summed E-state index contributed by atoms with van der Waals surface area (Å²) >= 11 is 0. The largest absolute Gasteiger partial charge is 0.488 e. The number of carbonyl (C=O) groups is 2. The smallest absolute Gasteiger partial charge is 0.258 e.